The Labute approximate surface area is 96.4 Å². The molecule has 3 rings (SSSR count). The van der Waals surface area contributed by atoms with Crippen LogP contribution in [0.2, 0.25) is 0 Å². The van der Waals surface area contributed by atoms with Gasteiger partial charge >= 0.3 is 0 Å². The van der Waals surface area contributed by atoms with Gasteiger partial charge in [0.25, 0.3) is 0 Å². The Balaban J connectivity index is 2.64. The van der Waals surface area contributed by atoms with Gasteiger partial charge in [0, 0.05) is 31.8 Å². The van der Waals surface area contributed by atoms with Crippen molar-refractivity contribution in [1.29, 1.82) is 0 Å². The molecule has 0 unspecified atom stereocenters. The normalized spacial score (nSPS) is 11.3. The van der Waals surface area contributed by atoms with Gasteiger partial charge in [-0.25, -0.2) is 0 Å². The highest BCUT2D eigenvalue weighted by Gasteiger charge is 2.13. The van der Waals surface area contributed by atoms with Gasteiger partial charge in [-0.1, -0.05) is 18.2 Å². The third kappa shape index (κ3) is 1.12. The Morgan fingerprint density at radius 3 is 2.62 bits per heavy atom. The SMILES string of the molecule is Cc1c(O)cc(O)c2c1sc1ccccc12. The summed E-state index contributed by atoms with van der Waals surface area (Å²) in [7, 11) is 0. The van der Waals surface area contributed by atoms with E-state index in [4.69, 9.17) is 0 Å². The van der Waals surface area contributed by atoms with Gasteiger partial charge < -0.3 is 10.2 Å². The van der Waals surface area contributed by atoms with Crippen molar-refractivity contribution >= 4 is 31.5 Å². The van der Waals surface area contributed by atoms with E-state index in [1.165, 1.54) is 6.07 Å². The third-order valence-electron chi connectivity index (χ3n) is 2.85. The molecular formula is C13H10O2S. The van der Waals surface area contributed by atoms with Crippen molar-refractivity contribution in [2.75, 3.05) is 0 Å². The lowest BCUT2D eigenvalue weighted by Crippen LogP contribution is -1.76. The first-order valence-corrected chi connectivity index (χ1v) is 5.83. The summed E-state index contributed by atoms with van der Waals surface area (Å²) in [5.74, 6) is 0.298. The summed E-state index contributed by atoms with van der Waals surface area (Å²) in [6, 6.07) is 9.36. The minimum atomic E-state index is 0.149. The number of thiophene rings is 1. The summed E-state index contributed by atoms with van der Waals surface area (Å²) in [5, 5.41) is 21.5. The smallest absolute Gasteiger partial charge is 0.128 e. The second-order valence-electron chi connectivity index (χ2n) is 3.84. The van der Waals surface area contributed by atoms with Gasteiger partial charge in [0.2, 0.25) is 0 Å². The van der Waals surface area contributed by atoms with Crippen molar-refractivity contribution in [3.05, 3.63) is 35.9 Å². The Morgan fingerprint density at radius 1 is 1.06 bits per heavy atom. The number of phenolic OH excluding ortho intramolecular Hbond substituents is 2. The second-order valence-corrected chi connectivity index (χ2v) is 4.89. The van der Waals surface area contributed by atoms with Crippen LogP contribution in [-0.4, -0.2) is 10.2 Å². The monoisotopic (exact) mass is 230 g/mol. The highest BCUT2D eigenvalue weighted by Crippen LogP contribution is 2.43. The molecule has 0 fully saturated rings. The number of hydrogen-bond donors (Lipinski definition) is 2. The number of aromatic hydroxyl groups is 2. The van der Waals surface area contributed by atoms with Crippen molar-refractivity contribution in [1.82, 2.24) is 0 Å². The molecule has 0 amide bonds. The molecule has 80 valence electrons. The molecule has 0 saturated carbocycles. The topological polar surface area (TPSA) is 40.5 Å². The first-order valence-electron chi connectivity index (χ1n) is 5.01. The summed E-state index contributed by atoms with van der Waals surface area (Å²) in [6.07, 6.45) is 0. The lowest BCUT2D eigenvalue weighted by molar-refractivity contribution is 0.453. The fourth-order valence-corrected chi connectivity index (χ4v) is 3.21. The van der Waals surface area contributed by atoms with Gasteiger partial charge in [-0.3, -0.25) is 0 Å². The number of fused-ring (bicyclic) bond motifs is 3. The van der Waals surface area contributed by atoms with E-state index in [-0.39, 0.29) is 11.5 Å². The highest BCUT2D eigenvalue weighted by atomic mass is 32.1. The van der Waals surface area contributed by atoms with Crippen LogP contribution < -0.4 is 0 Å². The molecule has 2 N–H and O–H groups in total. The molecule has 16 heavy (non-hydrogen) atoms. The molecule has 0 bridgehead atoms. The average Bonchev–Trinajstić information content (AvgIpc) is 2.65. The zero-order valence-electron chi connectivity index (χ0n) is 8.69. The molecule has 3 heteroatoms. The van der Waals surface area contributed by atoms with Gasteiger partial charge in [0.1, 0.15) is 11.5 Å². The molecule has 0 spiro atoms. The summed E-state index contributed by atoms with van der Waals surface area (Å²) in [4.78, 5) is 0. The van der Waals surface area contributed by atoms with Gasteiger partial charge in [0.05, 0.1) is 0 Å². The van der Waals surface area contributed by atoms with Crippen LogP contribution in [0.1, 0.15) is 5.56 Å². The maximum Gasteiger partial charge on any atom is 0.128 e. The molecule has 2 nitrogen and oxygen atoms in total. The number of rotatable bonds is 0. The van der Waals surface area contributed by atoms with Crippen molar-refractivity contribution in [2.24, 2.45) is 0 Å². The number of aryl methyl sites for hydroxylation is 1. The van der Waals surface area contributed by atoms with E-state index in [0.29, 0.717) is 0 Å². The minimum Gasteiger partial charge on any atom is -0.507 e. The van der Waals surface area contributed by atoms with Crippen molar-refractivity contribution in [3.8, 4) is 11.5 Å². The van der Waals surface area contributed by atoms with Gasteiger partial charge in [-0.15, -0.1) is 11.3 Å². The molecular weight excluding hydrogens is 220 g/mol. The summed E-state index contributed by atoms with van der Waals surface area (Å²) >= 11 is 1.60. The maximum atomic E-state index is 9.91. The number of hydrogen-bond acceptors (Lipinski definition) is 3. The van der Waals surface area contributed by atoms with Crippen LogP contribution in [0, 0.1) is 6.92 Å². The van der Waals surface area contributed by atoms with E-state index in [2.05, 4.69) is 0 Å². The van der Waals surface area contributed by atoms with Gasteiger partial charge in [0.15, 0.2) is 0 Å². The van der Waals surface area contributed by atoms with Crippen molar-refractivity contribution < 1.29 is 10.2 Å². The second kappa shape index (κ2) is 3.12. The first-order chi connectivity index (χ1) is 7.68. The van der Waals surface area contributed by atoms with E-state index in [1.807, 2.05) is 31.2 Å². The lowest BCUT2D eigenvalue weighted by atomic mass is 10.1. The predicted octanol–water partition coefficient (Wildman–Crippen LogP) is 3.77. The Kier molecular flexibility index (Phi) is 1.85. The van der Waals surface area contributed by atoms with Crippen molar-refractivity contribution in [2.45, 2.75) is 6.92 Å². The largest absolute Gasteiger partial charge is 0.507 e. The molecule has 0 atom stereocenters. The molecule has 0 aliphatic carbocycles. The Morgan fingerprint density at radius 2 is 1.81 bits per heavy atom. The van der Waals surface area contributed by atoms with Gasteiger partial charge in [-0.2, -0.15) is 0 Å². The zero-order chi connectivity index (χ0) is 11.3. The molecule has 1 heterocycles. The zero-order valence-corrected chi connectivity index (χ0v) is 9.51. The molecule has 0 radical (unpaired) electrons. The lowest BCUT2D eigenvalue weighted by Gasteiger charge is -2.02. The van der Waals surface area contributed by atoms with E-state index in [0.717, 1.165) is 25.7 Å². The molecule has 3 aromatic rings. The van der Waals surface area contributed by atoms with Crippen LogP contribution in [-0.2, 0) is 0 Å². The molecule has 0 aliphatic rings. The van der Waals surface area contributed by atoms with Crippen LogP contribution in [0.3, 0.4) is 0 Å². The fourth-order valence-electron chi connectivity index (χ4n) is 1.99. The van der Waals surface area contributed by atoms with Crippen LogP contribution in [0.5, 0.6) is 11.5 Å². The van der Waals surface area contributed by atoms with Gasteiger partial charge in [-0.05, 0) is 13.0 Å². The molecule has 2 aromatic carbocycles. The van der Waals surface area contributed by atoms with Crippen LogP contribution in [0.25, 0.3) is 20.2 Å². The van der Waals surface area contributed by atoms with E-state index in [9.17, 15) is 10.2 Å². The molecule has 1 aromatic heterocycles. The van der Waals surface area contributed by atoms with Crippen LogP contribution in [0.15, 0.2) is 30.3 Å². The van der Waals surface area contributed by atoms with E-state index < -0.39 is 0 Å². The summed E-state index contributed by atoms with van der Waals surface area (Å²) in [5.41, 5.74) is 0.828. The summed E-state index contributed by atoms with van der Waals surface area (Å²) in [6.45, 7) is 1.87. The molecule has 0 saturated heterocycles. The highest BCUT2D eigenvalue weighted by molar-refractivity contribution is 7.26. The van der Waals surface area contributed by atoms with E-state index in [1.54, 1.807) is 11.3 Å². The Bertz CT molecular complexity index is 698. The third-order valence-corrected chi connectivity index (χ3v) is 4.14. The maximum absolute atomic E-state index is 9.91. The number of phenols is 2. The average molecular weight is 230 g/mol. The van der Waals surface area contributed by atoms with Crippen LogP contribution >= 0.6 is 11.3 Å². The summed E-state index contributed by atoms with van der Waals surface area (Å²) < 4.78 is 2.08. The predicted molar refractivity (Wildman–Crippen MR) is 67.4 cm³/mol. The quantitative estimate of drug-likeness (QED) is 0.617. The van der Waals surface area contributed by atoms with Crippen molar-refractivity contribution in [3.63, 3.8) is 0 Å². The van der Waals surface area contributed by atoms with E-state index >= 15 is 0 Å². The molecule has 0 aliphatic heterocycles. The Hall–Kier alpha value is -1.74. The minimum absolute atomic E-state index is 0.149. The number of benzene rings is 2. The first kappa shape index (κ1) is 9.48. The fraction of sp³-hybridized carbons (Fsp3) is 0.0769. The van der Waals surface area contributed by atoms with Crippen LogP contribution in [0.4, 0.5) is 0 Å². The standard InChI is InChI=1S/C13H10O2S/c1-7-9(14)6-10(15)12-8-4-2-3-5-11(8)16-13(7)12/h2-6,14-15H,1H3.